The Balaban J connectivity index is 1.73. The number of benzene rings is 1. The first-order valence-electron chi connectivity index (χ1n) is 6.88. The molecule has 6 heteroatoms. The second kappa shape index (κ2) is 6.22. The second-order valence-corrected chi connectivity index (χ2v) is 6.65. The van der Waals surface area contributed by atoms with Gasteiger partial charge in [0.05, 0.1) is 5.02 Å². The zero-order valence-electron chi connectivity index (χ0n) is 11.6. The molecule has 2 aromatic rings. The van der Waals surface area contributed by atoms with Crippen molar-refractivity contribution in [3.05, 3.63) is 50.9 Å². The number of aryl methyl sites for hydroxylation is 1. The summed E-state index contributed by atoms with van der Waals surface area (Å²) in [5.74, 6) is 0. The van der Waals surface area contributed by atoms with E-state index in [1.165, 1.54) is 36.2 Å². The van der Waals surface area contributed by atoms with Crippen LogP contribution in [0.1, 0.15) is 24.1 Å². The van der Waals surface area contributed by atoms with Crippen LogP contribution in [0.3, 0.4) is 0 Å². The van der Waals surface area contributed by atoms with E-state index in [1.807, 2.05) is 12.1 Å². The molecule has 1 aliphatic rings. The lowest BCUT2D eigenvalue weighted by Crippen LogP contribution is -2.15. The number of H-pyrrole nitrogens is 1. The third-order valence-corrected chi connectivity index (χ3v) is 4.61. The van der Waals surface area contributed by atoms with Crippen molar-refractivity contribution in [2.45, 2.75) is 42.4 Å². The lowest BCUT2D eigenvalue weighted by Gasteiger charge is -2.07. The maximum atomic E-state index is 11.4. The van der Waals surface area contributed by atoms with Gasteiger partial charge >= 0.3 is 0 Å². The quantitative estimate of drug-likeness (QED) is 0.831. The SMILES string of the molecule is Cc1cc(=O)[nH]c(Sc2ccc(CNC3CC3)cc2Cl)n1. The highest BCUT2D eigenvalue weighted by Gasteiger charge is 2.20. The monoisotopic (exact) mass is 321 g/mol. The lowest BCUT2D eigenvalue weighted by atomic mass is 10.2. The molecule has 1 saturated carbocycles. The van der Waals surface area contributed by atoms with Crippen molar-refractivity contribution in [3.63, 3.8) is 0 Å². The van der Waals surface area contributed by atoms with Gasteiger partial charge in [-0.2, -0.15) is 0 Å². The molecule has 1 aromatic heterocycles. The Kier molecular flexibility index (Phi) is 4.33. The minimum atomic E-state index is -0.147. The fraction of sp³-hybridized carbons (Fsp3) is 0.333. The van der Waals surface area contributed by atoms with Gasteiger partial charge in [-0.3, -0.25) is 4.79 Å². The van der Waals surface area contributed by atoms with Gasteiger partial charge in [0.15, 0.2) is 5.16 Å². The summed E-state index contributed by atoms with van der Waals surface area (Å²) >= 11 is 7.69. The minimum absolute atomic E-state index is 0.147. The molecule has 2 N–H and O–H groups in total. The summed E-state index contributed by atoms with van der Waals surface area (Å²) in [6.45, 7) is 2.64. The Labute approximate surface area is 132 Å². The van der Waals surface area contributed by atoms with Crippen LogP contribution in [0.15, 0.2) is 39.1 Å². The summed E-state index contributed by atoms with van der Waals surface area (Å²) in [5.41, 5.74) is 1.72. The van der Waals surface area contributed by atoms with E-state index in [-0.39, 0.29) is 5.56 Å². The van der Waals surface area contributed by atoms with E-state index in [9.17, 15) is 4.79 Å². The lowest BCUT2D eigenvalue weighted by molar-refractivity contribution is 0.687. The van der Waals surface area contributed by atoms with Crippen LogP contribution in [-0.4, -0.2) is 16.0 Å². The van der Waals surface area contributed by atoms with Crippen LogP contribution in [0, 0.1) is 6.92 Å². The van der Waals surface area contributed by atoms with Crippen LogP contribution >= 0.6 is 23.4 Å². The van der Waals surface area contributed by atoms with Crippen LogP contribution in [0.5, 0.6) is 0 Å². The molecular formula is C15H16ClN3OS. The standard InChI is InChI=1S/C15H16ClN3OS/c1-9-6-14(20)19-15(18-9)21-13-5-2-10(7-12(13)16)8-17-11-3-4-11/h2,5-7,11,17H,3-4,8H2,1H3,(H,18,19,20). The van der Waals surface area contributed by atoms with Gasteiger partial charge in [0, 0.05) is 29.2 Å². The molecule has 3 rings (SSSR count). The molecule has 0 unspecified atom stereocenters. The first-order valence-corrected chi connectivity index (χ1v) is 8.07. The Hall–Kier alpha value is -1.30. The molecule has 0 saturated heterocycles. The molecule has 1 heterocycles. The molecule has 110 valence electrons. The van der Waals surface area contributed by atoms with Crippen molar-refractivity contribution in [1.29, 1.82) is 0 Å². The van der Waals surface area contributed by atoms with Crippen molar-refractivity contribution < 1.29 is 0 Å². The third-order valence-electron chi connectivity index (χ3n) is 3.22. The number of halogens is 1. The van der Waals surface area contributed by atoms with E-state index < -0.39 is 0 Å². The number of hydrogen-bond acceptors (Lipinski definition) is 4. The maximum absolute atomic E-state index is 11.4. The topological polar surface area (TPSA) is 57.8 Å². The minimum Gasteiger partial charge on any atom is -0.310 e. The summed E-state index contributed by atoms with van der Waals surface area (Å²) in [4.78, 5) is 19.3. The van der Waals surface area contributed by atoms with Crippen molar-refractivity contribution in [1.82, 2.24) is 15.3 Å². The van der Waals surface area contributed by atoms with Crippen LogP contribution in [0.4, 0.5) is 0 Å². The molecule has 0 spiro atoms. The van der Waals surface area contributed by atoms with Crippen LogP contribution in [-0.2, 0) is 6.54 Å². The Morgan fingerprint density at radius 2 is 2.24 bits per heavy atom. The summed E-state index contributed by atoms with van der Waals surface area (Å²) in [7, 11) is 0. The van der Waals surface area contributed by atoms with E-state index in [0.29, 0.717) is 21.9 Å². The second-order valence-electron chi connectivity index (χ2n) is 5.21. The van der Waals surface area contributed by atoms with E-state index >= 15 is 0 Å². The van der Waals surface area contributed by atoms with Crippen molar-refractivity contribution >= 4 is 23.4 Å². The number of aromatic nitrogens is 2. The molecule has 0 amide bonds. The smallest absolute Gasteiger partial charge is 0.251 e. The number of nitrogens with one attached hydrogen (secondary N) is 2. The zero-order chi connectivity index (χ0) is 14.8. The molecule has 0 atom stereocenters. The molecule has 1 aliphatic carbocycles. The molecule has 21 heavy (non-hydrogen) atoms. The predicted molar refractivity (Wildman–Crippen MR) is 85.0 cm³/mol. The van der Waals surface area contributed by atoms with E-state index in [0.717, 1.165) is 11.4 Å². The predicted octanol–water partition coefficient (Wildman–Crippen LogP) is 3.13. The summed E-state index contributed by atoms with van der Waals surface area (Å²) in [6.07, 6.45) is 2.54. The van der Waals surface area contributed by atoms with Gasteiger partial charge in [0.2, 0.25) is 0 Å². The van der Waals surface area contributed by atoms with Crippen molar-refractivity contribution in [2.75, 3.05) is 0 Å². The highest BCUT2D eigenvalue weighted by Crippen LogP contribution is 2.31. The summed E-state index contributed by atoms with van der Waals surface area (Å²) in [6, 6.07) is 8.14. The molecular weight excluding hydrogens is 306 g/mol. The zero-order valence-corrected chi connectivity index (χ0v) is 13.2. The Bertz CT molecular complexity index is 712. The number of aromatic amines is 1. The summed E-state index contributed by atoms with van der Waals surface area (Å²) in [5, 5.41) is 4.70. The molecule has 1 fully saturated rings. The average molecular weight is 322 g/mol. The molecule has 0 bridgehead atoms. The number of rotatable bonds is 5. The summed E-state index contributed by atoms with van der Waals surface area (Å²) < 4.78 is 0. The highest BCUT2D eigenvalue weighted by atomic mass is 35.5. The van der Waals surface area contributed by atoms with Gasteiger partial charge in [-0.25, -0.2) is 4.98 Å². The number of nitrogens with zero attached hydrogens (tertiary/aromatic N) is 1. The van der Waals surface area contributed by atoms with Gasteiger partial charge < -0.3 is 10.3 Å². The van der Waals surface area contributed by atoms with Gasteiger partial charge in [-0.05, 0) is 37.5 Å². The fourth-order valence-corrected chi connectivity index (χ4v) is 3.15. The van der Waals surface area contributed by atoms with Gasteiger partial charge in [-0.15, -0.1) is 0 Å². The molecule has 0 radical (unpaired) electrons. The van der Waals surface area contributed by atoms with Gasteiger partial charge in [-0.1, -0.05) is 29.4 Å². The van der Waals surface area contributed by atoms with E-state index in [1.54, 1.807) is 6.92 Å². The van der Waals surface area contributed by atoms with Crippen LogP contribution < -0.4 is 10.9 Å². The van der Waals surface area contributed by atoms with E-state index in [4.69, 9.17) is 11.6 Å². The largest absolute Gasteiger partial charge is 0.310 e. The maximum Gasteiger partial charge on any atom is 0.251 e. The van der Waals surface area contributed by atoms with Crippen molar-refractivity contribution in [3.8, 4) is 0 Å². The van der Waals surface area contributed by atoms with E-state index in [2.05, 4.69) is 21.4 Å². The normalized spacial score (nSPS) is 14.4. The third kappa shape index (κ3) is 4.09. The fourth-order valence-electron chi connectivity index (χ4n) is 1.99. The first-order chi connectivity index (χ1) is 10.1. The Morgan fingerprint density at radius 1 is 1.43 bits per heavy atom. The molecule has 0 aliphatic heterocycles. The first kappa shape index (κ1) is 14.6. The van der Waals surface area contributed by atoms with Crippen LogP contribution in [0.25, 0.3) is 0 Å². The highest BCUT2D eigenvalue weighted by molar-refractivity contribution is 7.99. The van der Waals surface area contributed by atoms with Crippen LogP contribution in [0.2, 0.25) is 5.02 Å². The van der Waals surface area contributed by atoms with Gasteiger partial charge in [0.25, 0.3) is 5.56 Å². The average Bonchev–Trinajstić information content (AvgIpc) is 3.22. The molecule has 1 aromatic carbocycles. The number of hydrogen-bond donors (Lipinski definition) is 2. The van der Waals surface area contributed by atoms with Gasteiger partial charge in [0.1, 0.15) is 0 Å². The Morgan fingerprint density at radius 3 is 2.90 bits per heavy atom. The van der Waals surface area contributed by atoms with Crippen molar-refractivity contribution in [2.24, 2.45) is 0 Å². The molecule has 4 nitrogen and oxygen atoms in total.